The highest BCUT2D eigenvalue weighted by atomic mass is 127. The van der Waals surface area contributed by atoms with Gasteiger partial charge in [0.05, 0.1) is 0 Å². The van der Waals surface area contributed by atoms with Crippen LogP contribution in [0.2, 0.25) is 0 Å². The van der Waals surface area contributed by atoms with E-state index in [0.29, 0.717) is 10.8 Å². The second-order valence-electron chi connectivity index (χ2n) is 7.33. The fourth-order valence-electron chi connectivity index (χ4n) is 5.45. The fourth-order valence-corrected chi connectivity index (χ4v) is 6.18. The van der Waals surface area contributed by atoms with Crippen molar-refractivity contribution in [2.45, 2.75) is 52.9 Å². The summed E-state index contributed by atoms with van der Waals surface area (Å²) in [6, 6.07) is 0. The van der Waals surface area contributed by atoms with Crippen molar-refractivity contribution in [2.24, 2.45) is 28.6 Å². The molecule has 1 heteroatoms. The zero-order valence-electron chi connectivity index (χ0n) is 10.7. The van der Waals surface area contributed by atoms with Gasteiger partial charge in [0.25, 0.3) is 0 Å². The first kappa shape index (κ1) is 11.6. The fraction of sp³-hybridized carbons (Fsp3) is 0.867. The quantitative estimate of drug-likeness (QED) is 0.537. The van der Waals surface area contributed by atoms with Crippen molar-refractivity contribution in [3.63, 3.8) is 0 Å². The average Bonchev–Trinajstić information content (AvgIpc) is 2.76. The number of rotatable bonds is 0. The van der Waals surface area contributed by atoms with E-state index in [0.717, 1.165) is 17.8 Å². The number of allylic oxidation sites excluding steroid dienone is 1. The maximum absolute atomic E-state index is 2.58. The predicted octanol–water partition coefficient (Wildman–Crippen LogP) is 5.18. The third-order valence-electron chi connectivity index (χ3n) is 5.90. The van der Waals surface area contributed by atoms with Gasteiger partial charge in [-0.25, -0.2) is 0 Å². The number of hydrogen-bond donors (Lipinski definition) is 0. The van der Waals surface area contributed by atoms with E-state index in [1.54, 1.807) is 5.57 Å². The molecule has 0 aromatic carbocycles. The molecule has 16 heavy (non-hydrogen) atoms. The van der Waals surface area contributed by atoms with Gasteiger partial charge in [-0.2, -0.15) is 0 Å². The van der Waals surface area contributed by atoms with Crippen LogP contribution in [0.25, 0.3) is 0 Å². The summed E-state index contributed by atoms with van der Waals surface area (Å²) in [5.74, 6) is 2.93. The van der Waals surface area contributed by atoms with Gasteiger partial charge in [-0.1, -0.05) is 48.9 Å². The summed E-state index contributed by atoms with van der Waals surface area (Å²) in [5.41, 5.74) is 3.04. The van der Waals surface area contributed by atoms with E-state index in [2.05, 4.69) is 47.4 Å². The molecular weight excluding hydrogens is 307 g/mol. The lowest BCUT2D eigenvalue weighted by molar-refractivity contribution is 0.146. The first-order valence-corrected chi connectivity index (χ1v) is 8.02. The molecule has 0 bridgehead atoms. The third kappa shape index (κ3) is 1.39. The summed E-state index contributed by atoms with van der Waals surface area (Å²) in [7, 11) is 0. The Bertz CT molecular complexity index is 341. The summed E-state index contributed by atoms with van der Waals surface area (Å²) in [5, 5.41) is 0. The van der Waals surface area contributed by atoms with Crippen molar-refractivity contribution in [1.29, 1.82) is 0 Å². The van der Waals surface area contributed by atoms with Gasteiger partial charge in [0.1, 0.15) is 0 Å². The standard InChI is InChI=1S/C15H23I/c1-14(2)6-7-15(3)8-10-4-5-11(9-16)12(10)13(14)15/h9-10,12-13H,4-8H2,1-3H3/b11-9+/t10-,12+,13-,15-/m1/s1. The second-order valence-corrected chi connectivity index (χ2v) is 7.96. The molecule has 0 N–H and O–H groups in total. The molecule has 3 aliphatic rings. The van der Waals surface area contributed by atoms with Crippen LogP contribution in [0.15, 0.2) is 9.66 Å². The van der Waals surface area contributed by atoms with E-state index in [1.165, 1.54) is 32.1 Å². The summed E-state index contributed by atoms with van der Waals surface area (Å²) < 4.78 is 2.41. The maximum atomic E-state index is 2.58. The summed E-state index contributed by atoms with van der Waals surface area (Å²) >= 11 is 2.47. The number of hydrogen-bond acceptors (Lipinski definition) is 0. The molecule has 0 unspecified atom stereocenters. The van der Waals surface area contributed by atoms with Crippen molar-refractivity contribution in [2.75, 3.05) is 0 Å². The zero-order chi connectivity index (χ0) is 11.6. The molecule has 0 nitrogen and oxygen atoms in total. The van der Waals surface area contributed by atoms with Gasteiger partial charge < -0.3 is 0 Å². The van der Waals surface area contributed by atoms with Crippen LogP contribution in [0.5, 0.6) is 0 Å². The minimum atomic E-state index is 0.587. The summed E-state index contributed by atoms with van der Waals surface area (Å²) in [4.78, 5) is 0. The first-order chi connectivity index (χ1) is 7.48. The van der Waals surface area contributed by atoms with Crippen LogP contribution in [-0.4, -0.2) is 0 Å². The van der Waals surface area contributed by atoms with E-state index in [-0.39, 0.29) is 0 Å². The Kier molecular flexibility index (Phi) is 2.52. The largest absolute Gasteiger partial charge is 0.0604 e. The molecule has 0 heterocycles. The molecule has 0 amide bonds. The smallest absolute Gasteiger partial charge is 0.0128 e. The Morgan fingerprint density at radius 2 is 2.00 bits per heavy atom. The van der Waals surface area contributed by atoms with Crippen molar-refractivity contribution < 1.29 is 0 Å². The monoisotopic (exact) mass is 330 g/mol. The van der Waals surface area contributed by atoms with Gasteiger partial charge in [-0.3, -0.25) is 0 Å². The molecule has 3 fully saturated rings. The average molecular weight is 330 g/mol. The summed E-state index contributed by atoms with van der Waals surface area (Å²) in [6.45, 7) is 7.62. The zero-order valence-corrected chi connectivity index (χ0v) is 12.9. The Labute approximate surface area is 113 Å². The molecular formula is C15H23I. The van der Waals surface area contributed by atoms with Crippen LogP contribution in [-0.2, 0) is 0 Å². The Morgan fingerprint density at radius 3 is 2.69 bits per heavy atom. The molecule has 3 rings (SSSR count). The van der Waals surface area contributed by atoms with Gasteiger partial charge in [-0.15, -0.1) is 0 Å². The predicted molar refractivity (Wildman–Crippen MR) is 77.5 cm³/mol. The summed E-state index contributed by atoms with van der Waals surface area (Å²) in [6.07, 6.45) is 7.31. The second kappa shape index (κ2) is 3.49. The van der Waals surface area contributed by atoms with Gasteiger partial charge in [-0.05, 0) is 64.8 Å². The van der Waals surface area contributed by atoms with E-state index in [9.17, 15) is 0 Å². The normalized spacial score (nSPS) is 52.0. The van der Waals surface area contributed by atoms with Gasteiger partial charge >= 0.3 is 0 Å². The molecule has 0 spiro atoms. The Hall–Kier alpha value is 0.470. The van der Waals surface area contributed by atoms with Crippen LogP contribution >= 0.6 is 22.6 Å². The van der Waals surface area contributed by atoms with Gasteiger partial charge in [0.2, 0.25) is 0 Å². The highest BCUT2D eigenvalue weighted by Gasteiger charge is 2.61. The molecule has 4 atom stereocenters. The number of fused-ring (bicyclic) bond motifs is 3. The molecule has 3 aliphatic carbocycles. The van der Waals surface area contributed by atoms with Crippen LogP contribution in [0.4, 0.5) is 0 Å². The van der Waals surface area contributed by atoms with Crippen molar-refractivity contribution in [3.05, 3.63) is 9.66 Å². The first-order valence-electron chi connectivity index (χ1n) is 6.77. The lowest BCUT2D eigenvalue weighted by Gasteiger charge is -2.36. The molecule has 90 valence electrons. The number of halogens is 1. The minimum absolute atomic E-state index is 0.587. The lowest BCUT2D eigenvalue weighted by Crippen LogP contribution is -2.30. The highest BCUT2D eigenvalue weighted by molar-refractivity contribution is 14.1. The lowest BCUT2D eigenvalue weighted by atomic mass is 9.68. The molecule has 3 saturated carbocycles. The van der Waals surface area contributed by atoms with Crippen molar-refractivity contribution in [3.8, 4) is 0 Å². The van der Waals surface area contributed by atoms with E-state index in [1.807, 2.05) is 0 Å². The van der Waals surface area contributed by atoms with Crippen LogP contribution in [0, 0.1) is 28.6 Å². The Morgan fingerprint density at radius 1 is 1.25 bits per heavy atom. The van der Waals surface area contributed by atoms with Gasteiger partial charge in [0, 0.05) is 0 Å². The third-order valence-corrected chi connectivity index (χ3v) is 6.70. The van der Waals surface area contributed by atoms with Gasteiger partial charge in [0.15, 0.2) is 0 Å². The highest BCUT2D eigenvalue weighted by Crippen LogP contribution is 2.69. The van der Waals surface area contributed by atoms with E-state index in [4.69, 9.17) is 0 Å². The van der Waals surface area contributed by atoms with Crippen molar-refractivity contribution >= 4 is 22.6 Å². The molecule has 0 aliphatic heterocycles. The topological polar surface area (TPSA) is 0 Å². The van der Waals surface area contributed by atoms with Crippen molar-refractivity contribution in [1.82, 2.24) is 0 Å². The molecule has 0 radical (unpaired) electrons. The maximum Gasteiger partial charge on any atom is -0.0128 e. The van der Waals surface area contributed by atoms with Crippen LogP contribution in [0.3, 0.4) is 0 Å². The Balaban J connectivity index is 2.02. The molecule has 0 saturated heterocycles. The van der Waals surface area contributed by atoms with E-state index < -0.39 is 0 Å². The molecule has 0 aromatic rings. The SMILES string of the molecule is CC1(C)CC[C@]2(C)C[C@H]3CC/C(=C\I)[C@H]3[C@H]12. The molecule has 0 aromatic heterocycles. The van der Waals surface area contributed by atoms with Crippen LogP contribution < -0.4 is 0 Å². The minimum Gasteiger partial charge on any atom is -0.0604 e. The van der Waals surface area contributed by atoms with E-state index >= 15 is 0 Å². The van der Waals surface area contributed by atoms with Crippen LogP contribution in [0.1, 0.15) is 52.9 Å².